The summed E-state index contributed by atoms with van der Waals surface area (Å²) in [6.07, 6.45) is 15.2. The van der Waals surface area contributed by atoms with E-state index in [-0.39, 0.29) is 87.6 Å². The van der Waals surface area contributed by atoms with E-state index >= 15 is 0 Å². The van der Waals surface area contributed by atoms with E-state index in [0.717, 1.165) is 38.5 Å². The molecule has 4 aliphatic rings. The number of hydrogen-bond acceptors (Lipinski definition) is 18. The van der Waals surface area contributed by atoms with Gasteiger partial charge in [0.1, 0.15) is 26.2 Å². The Morgan fingerprint density at radius 1 is 0.298 bits per heavy atom. The quantitative estimate of drug-likeness (QED) is 0.0317. The molecule has 0 radical (unpaired) electrons. The van der Waals surface area contributed by atoms with E-state index in [1.165, 1.54) is 9.80 Å². The van der Waals surface area contributed by atoms with Crippen LogP contribution in [0.3, 0.4) is 0 Å². The van der Waals surface area contributed by atoms with Gasteiger partial charge in [-0.25, -0.2) is 19.9 Å². The lowest BCUT2D eigenvalue weighted by Crippen LogP contribution is -2.47. The molecule has 26 nitrogen and oxygen atoms in total. The highest BCUT2D eigenvalue weighted by Crippen LogP contribution is 2.41. The van der Waals surface area contributed by atoms with Crippen LogP contribution in [0.15, 0.2) is 170 Å². The van der Waals surface area contributed by atoms with Crippen LogP contribution in [0.25, 0.3) is 0 Å². The third-order valence-corrected chi connectivity index (χ3v) is 18.9. The van der Waals surface area contributed by atoms with E-state index in [1.54, 1.807) is 214 Å². The smallest absolute Gasteiger partial charge is 0.257 e. The van der Waals surface area contributed by atoms with Crippen LogP contribution >= 0.6 is 0 Å². The number of benzene rings is 4. The Labute approximate surface area is 602 Å². The molecule has 0 fully saturated rings. The number of hydrogen-bond donors (Lipinski definition) is 4. The molecule has 4 aliphatic heterocycles. The molecule has 0 spiro atoms. The van der Waals surface area contributed by atoms with E-state index < -0.39 is 23.6 Å². The van der Waals surface area contributed by atoms with Crippen molar-refractivity contribution in [3.63, 3.8) is 0 Å². The maximum absolute atomic E-state index is 14.8. The first-order chi connectivity index (χ1) is 50.6. The predicted octanol–water partition coefficient (Wildman–Crippen LogP) is 11.3. The molecule has 0 saturated heterocycles. The summed E-state index contributed by atoms with van der Waals surface area (Å²) < 4.78 is 0. The molecule has 104 heavy (non-hydrogen) atoms. The summed E-state index contributed by atoms with van der Waals surface area (Å²) in [7, 11) is 3.60. The normalized spacial score (nSPS) is 13.1. The van der Waals surface area contributed by atoms with Crippen molar-refractivity contribution in [3.8, 4) is 0 Å². The van der Waals surface area contributed by atoms with Crippen LogP contribution in [-0.4, -0.2) is 165 Å². The Morgan fingerprint density at radius 2 is 0.538 bits per heavy atom. The van der Waals surface area contributed by atoms with Crippen LogP contribution in [0.5, 0.6) is 0 Å². The van der Waals surface area contributed by atoms with Gasteiger partial charge in [0.2, 0.25) is 35.4 Å². The van der Waals surface area contributed by atoms with Gasteiger partial charge in [-0.2, -0.15) is 0 Å². The molecular formula is C78H82N16O10. The Bertz CT molecular complexity index is 4040. The number of nitrogens with one attached hydrogen (secondary N) is 4. The highest BCUT2D eigenvalue weighted by molar-refractivity contribution is 6.16. The first-order valence-corrected chi connectivity index (χ1v) is 35.3. The minimum Gasteiger partial charge on any atom is -0.346 e. The average Bonchev–Trinajstić information content (AvgIpc) is 1.65. The zero-order valence-electron chi connectivity index (χ0n) is 58.2. The number of para-hydroxylation sites is 4. The summed E-state index contributed by atoms with van der Waals surface area (Å²) in [5.74, 6) is -2.30. The third kappa shape index (κ3) is 16.5. The molecular weight excluding hydrogens is 1320 g/mol. The monoisotopic (exact) mass is 1400 g/mol. The van der Waals surface area contributed by atoms with Gasteiger partial charge in [-0.3, -0.25) is 57.7 Å². The summed E-state index contributed by atoms with van der Waals surface area (Å²) in [6.45, 7) is -0.0942. The molecule has 0 bridgehead atoms. The molecule has 0 aliphatic carbocycles. The topological polar surface area (TPSA) is 296 Å². The molecule has 0 unspecified atom stereocenters. The number of aromatic nitrogens is 4. The van der Waals surface area contributed by atoms with Gasteiger partial charge in [0.15, 0.2) is 23.3 Å². The van der Waals surface area contributed by atoms with E-state index in [0.29, 0.717) is 143 Å². The average molecular weight is 1400 g/mol. The molecule has 8 heterocycles. The van der Waals surface area contributed by atoms with Gasteiger partial charge in [-0.05, 0) is 136 Å². The molecule has 8 aromatic rings. The zero-order chi connectivity index (χ0) is 72.6. The molecule has 4 aromatic heterocycles. The van der Waals surface area contributed by atoms with Gasteiger partial charge in [0, 0.05) is 77.9 Å². The van der Waals surface area contributed by atoms with Gasteiger partial charge in [0.25, 0.3) is 23.6 Å². The van der Waals surface area contributed by atoms with Crippen LogP contribution < -0.4 is 40.9 Å². The number of carbonyl (C=O) groups excluding carboxylic acids is 10. The number of anilines is 12. The zero-order valence-corrected chi connectivity index (χ0v) is 58.2. The van der Waals surface area contributed by atoms with Gasteiger partial charge in [0.05, 0.1) is 67.8 Å². The molecule has 4 aromatic carbocycles. The highest BCUT2D eigenvalue weighted by atomic mass is 16.2. The Hall–Kier alpha value is -12.2. The highest BCUT2D eigenvalue weighted by Gasteiger charge is 2.37. The number of amides is 10. The van der Waals surface area contributed by atoms with Crippen LogP contribution in [0.2, 0.25) is 0 Å². The standard InChI is InChI=1S/C78H82N16O10/c1-87(65(95)39-9-7-21-47-89(67(97)49-91-61-35-15-11-27-53(61)75(101)83-57-31-23-41-79-71(57)91)68(98)50-92-62-36-16-12-28-54(62)76(102)84-58-32-24-42-80-72(58)92)45-19-5-3-4-6-20-46-88(2)66(96)40-10-8-22-48-90(69(99)51-93-63-37-17-13-29-55(63)77(103)85-59-33-25-43-81-73(59)93)70(100)52-94-64-38-18-14-30-56(64)78(104)86-60-34-26-44-82-74(60)94/h11-18,23-38,41-44H,3-10,19-22,39-40,45-52H2,1-2H3,(H,83,101)(H,84,102)(H,85,103)(H,86,104). The van der Waals surface area contributed by atoms with E-state index in [1.807, 2.05) is 0 Å². The van der Waals surface area contributed by atoms with Crippen LogP contribution in [-0.2, 0) is 28.8 Å². The second-order valence-corrected chi connectivity index (χ2v) is 26.0. The lowest BCUT2D eigenvalue weighted by atomic mass is 10.1. The maximum Gasteiger partial charge on any atom is 0.257 e. The number of pyridine rings is 4. The minimum atomic E-state index is -0.544. The SMILES string of the molecule is CN(CCCCCCCCN(C)C(=O)CCCCCN(C(=O)CN1c2ccccc2C(=O)Nc2cccnc21)C(=O)CN1c2ccccc2C(=O)Nc2cccnc21)C(=O)CCCCCN(C(=O)CN1c2ccccc2C(=O)Nc2cccnc21)C(=O)CN1c2ccccc2C(=O)Nc2cccnc21. The summed E-state index contributed by atoms with van der Waals surface area (Å²) in [5.41, 5.74) is 4.69. The van der Waals surface area contributed by atoms with Crippen molar-refractivity contribution in [1.82, 2.24) is 39.5 Å². The molecule has 10 amide bonds. The number of rotatable bonds is 29. The van der Waals surface area contributed by atoms with Crippen molar-refractivity contribution in [2.45, 2.75) is 89.9 Å². The molecule has 12 rings (SSSR count). The number of fused-ring (bicyclic) bond motifs is 8. The largest absolute Gasteiger partial charge is 0.346 e. The van der Waals surface area contributed by atoms with E-state index in [2.05, 4.69) is 41.2 Å². The van der Waals surface area contributed by atoms with Gasteiger partial charge in [-0.1, -0.05) is 87.1 Å². The number of unbranched alkanes of at least 4 members (excludes halogenated alkanes) is 9. The Morgan fingerprint density at radius 3 is 0.817 bits per heavy atom. The van der Waals surface area contributed by atoms with Crippen LogP contribution in [0.1, 0.15) is 131 Å². The van der Waals surface area contributed by atoms with Gasteiger partial charge < -0.3 is 50.7 Å². The predicted molar refractivity (Wildman–Crippen MR) is 396 cm³/mol. The van der Waals surface area contributed by atoms with Crippen molar-refractivity contribution in [3.05, 3.63) is 193 Å². The maximum atomic E-state index is 14.8. The van der Waals surface area contributed by atoms with Crippen LogP contribution in [0, 0.1) is 0 Å². The number of carbonyl (C=O) groups is 10. The minimum absolute atomic E-state index is 0.000454. The molecule has 534 valence electrons. The van der Waals surface area contributed by atoms with Crippen molar-refractivity contribution in [1.29, 1.82) is 0 Å². The number of nitrogens with zero attached hydrogens (tertiary/aromatic N) is 12. The van der Waals surface area contributed by atoms with Crippen LogP contribution in [0.4, 0.5) is 68.8 Å². The fraction of sp³-hybridized carbons (Fsp3) is 0.308. The summed E-state index contributed by atoms with van der Waals surface area (Å²) in [4.78, 5) is 171. The third-order valence-electron chi connectivity index (χ3n) is 18.9. The van der Waals surface area contributed by atoms with Gasteiger partial charge >= 0.3 is 0 Å². The summed E-state index contributed by atoms with van der Waals surface area (Å²) in [5, 5.41) is 11.6. The summed E-state index contributed by atoms with van der Waals surface area (Å²) >= 11 is 0. The van der Waals surface area contributed by atoms with Crippen molar-refractivity contribution < 1.29 is 47.9 Å². The molecule has 0 saturated carbocycles. The van der Waals surface area contributed by atoms with Crippen molar-refractivity contribution in [2.24, 2.45) is 0 Å². The fourth-order valence-electron chi connectivity index (χ4n) is 13.4. The first kappa shape index (κ1) is 71.6. The lowest BCUT2D eigenvalue weighted by Gasteiger charge is -2.30. The van der Waals surface area contributed by atoms with E-state index in [4.69, 9.17) is 0 Å². The first-order valence-electron chi connectivity index (χ1n) is 35.3. The van der Waals surface area contributed by atoms with Crippen molar-refractivity contribution >= 4 is 128 Å². The molecule has 26 heteroatoms. The molecule has 0 atom stereocenters. The van der Waals surface area contributed by atoms with Gasteiger partial charge in [-0.15, -0.1) is 0 Å². The Balaban J connectivity index is 0.585. The lowest BCUT2D eigenvalue weighted by molar-refractivity contribution is -0.144. The second kappa shape index (κ2) is 33.5. The summed E-state index contributed by atoms with van der Waals surface area (Å²) in [6, 6.07) is 41.1. The fourth-order valence-corrected chi connectivity index (χ4v) is 13.4. The number of imide groups is 2. The second-order valence-electron chi connectivity index (χ2n) is 26.0. The van der Waals surface area contributed by atoms with Crippen molar-refractivity contribution in [2.75, 3.05) is 107 Å². The van der Waals surface area contributed by atoms with E-state index in [9.17, 15) is 47.9 Å². The Kier molecular flexibility index (Phi) is 23.1. The molecule has 4 N–H and O–H groups in total.